The van der Waals surface area contributed by atoms with Crippen molar-refractivity contribution < 1.29 is 9.21 Å². The molecule has 0 spiro atoms. The molecule has 154 valence electrons. The van der Waals surface area contributed by atoms with Gasteiger partial charge in [-0.1, -0.05) is 91.0 Å². The summed E-state index contributed by atoms with van der Waals surface area (Å²) in [7, 11) is 0. The molecule has 32 heavy (non-hydrogen) atoms. The smallest absolute Gasteiger partial charge is 0.346 e. The van der Waals surface area contributed by atoms with Crippen molar-refractivity contribution in [1.29, 1.82) is 0 Å². The van der Waals surface area contributed by atoms with Gasteiger partial charge in [0.05, 0.1) is 11.1 Å². The lowest BCUT2D eigenvalue weighted by Crippen LogP contribution is -2.14. The molecule has 0 radical (unpaired) electrons. The van der Waals surface area contributed by atoms with Gasteiger partial charge in [0.15, 0.2) is 0 Å². The van der Waals surface area contributed by atoms with E-state index in [1.54, 1.807) is 30.3 Å². The van der Waals surface area contributed by atoms with Crippen molar-refractivity contribution in [3.05, 3.63) is 125 Å². The Bertz CT molecular complexity index is 1460. The van der Waals surface area contributed by atoms with Crippen LogP contribution in [0.2, 0.25) is 0 Å². The van der Waals surface area contributed by atoms with Crippen molar-refractivity contribution in [2.75, 3.05) is 5.32 Å². The van der Waals surface area contributed by atoms with Gasteiger partial charge in [-0.25, -0.2) is 4.79 Å². The molecule has 5 aromatic rings. The Hall–Kier alpha value is -4.44. The molecule has 0 bridgehead atoms. The number of rotatable bonds is 4. The number of anilines is 1. The molecule has 4 heteroatoms. The molecule has 5 rings (SSSR count). The van der Waals surface area contributed by atoms with Crippen LogP contribution in [0.5, 0.6) is 0 Å². The van der Waals surface area contributed by atoms with Crippen LogP contribution in [0.1, 0.15) is 10.4 Å². The average Bonchev–Trinajstić information content (AvgIpc) is 2.85. The molecule has 0 saturated carbocycles. The van der Waals surface area contributed by atoms with E-state index < -0.39 is 5.63 Å². The van der Waals surface area contributed by atoms with Gasteiger partial charge in [0.2, 0.25) is 0 Å². The molecular formula is C28H19NO3. The van der Waals surface area contributed by atoms with E-state index in [1.807, 2.05) is 78.9 Å². The van der Waals surface area contributed by atoms with Crippen LogP contribution in [0.3, 0.4) is 0 Å². The number of fused-ring (bicyclic) bond motifs is 1. The van der Waals surface area contributed by atoms with Crippen molar-refractivity contribution >= 4 is 22.4 Å². The Morgan fingerprint density at radius 3 is 1.91 bits per heavy atom. The normalized spacial score (nSPS) is 10.8. The Morgan fingerprint density at radius 1 is 0.656 bits per heavy atom. The highest BCUT2D eigenvalue weighted by Gasteiger charge is 2.20. The van der Waals surface area contributed by atoms with Crippen molar-refractivity contribution in [2.45, 2.75) is 0 Å². The van der Waals surface area contributed by atoms with Crippen molar-refractivity contribution in [1.82, 2.24) is 0 Å². The van der Waals surface area contributed by atoms with Crippen molar-refractivity contribution in [2.24, 2.45) is 0 Å². The lowest BCUT2D eigenvalue weighted by molar-refractivity contribution is 0.102. The molecule has 0 fully saturated rings. The largest absolute Gasteiger partial charge is 0.422 e. The van der Waals surface area contributed by atoms with Crippen molar-refractivity contribution in [3.8, 4) is 22.5 Å². The van der Waals surface area contributed by atoms with E-state index in [1.165, 1.54) is 0 Å². The van der Waals surface area contributed by atoms with Crippen LogP contribution >= 0.6 is 0 Å². The zero-order valence-corrected chi connectivity index (χ0v) is 17.1. The highest BCUT2D eigenvalue weighted by molar-refractivity contribution is 6.12. The summed E-state index contributed by atoms with van der Waals surface area (Å²) in [6.07, 6.45) is 0. The molecule has 4 aromatic carbocycles. The van der Waals surface area contributed by atoms with Gasteiger partial charge in [-0.3, -0.25) is 4.79 Å². The SMILES string of the molecule is O=C(Nc1cccc2c(-c3ccccc3)c(-c3ccccc3)oc(=O)c12)c1ccccc1. The molecule has 0 aliphatic heterocycles. The lowest BCUT2D eigenvalue weighted by atomic mass is 9.95. The van der Waals surface area contributed by atoms with E-state index in [4.69, 9.17) is 4.42 Å². The van der Waals surface area contributed by atoms with Crippen LogP contribution in [0.15, 0.2) is 118 Å². The first-order valence-electron chi connectivity index (χ1n) is 10.3. The second kappa shape index (κ2) is 8.36. The molecule has 0 unspecified atom stereocenters. The summed E-state index contributed by atoms with van der Waals surface area (Å²) in [5.74, 6) is 0.215. The first-order valence-corrected chi connectivity index (χ1v) is 10.3. The van der Waals surface area contributed by atoms with Gasteiger partial charge in [-0.2, -0.15) is 0 Å². The maximum Gasteiger partial charge on any atom is 0.346 e. The highest BCUT2D eigenvalue weighted by Crippen LogP contribution is 2.38. The number of carbonyl (C=O) groups is 1. The maximum absolute atomic E-state index is 13.2. The molecule has 0 saturated heterocycles. The minimum absolute atomic E-state index is 0.286. The summed E-state index contributed by atoms with van der Waals surface area (Å²) >= 11 is 0. The fourth-order valence-electron chi connectivity index (χ4n) is 3.87. The first kappa shape index (κ1) is 19.5. The first-order chi connectivity index (χ1) is 15.7. The Balaban J connectivity index is 1.75. The fourth-order valence-corrected chi connectivity index (χ4v) is 3.87. The van der Waals surface area contributed by atoms with Gasteiger partial charge in [-0.05, 0) is 23.8 Å². The quantitative estimate of drug-likeness (QED) is 0.369. The number of hydrogen-bond acceptors (Lipinski definition) is 3. The fraction of sp³-hybridized carbons (Fsp3) is 0. The number of benzene rings is 4. The van der Waals surface area contributed by atoms with Crippen LogP contribution in [-0.2, 0) is 0 Å². The minimum Gasteiger partial charge on any atom is -0.422 e. The van der Waals surface area contributed by atoms with Gasteiger partial charge < -0.3 is 9.73 Å². The minimum atomic E-state index is -0.498. The third kappa shape index (κ3) is 3.59. The molecule has 1 aromatic heterocycles. The van der Waals surface area contributed by atoms with Crippen LogP contribution < -0.4 is 10.9 Å². The standard InChI is InChI=1S/C28H19NO3/c30-27(21-15-8-3-9-16-21)29-23-18-10-17-22-24(19-11-4-1-5-12-19)26(32-28(31)25(22)23)20-13-6-2-7-14-20/h1-18H,(H,29,30). The zero-order chi connectivity index (χ0) is 21.9. The lowest BCUT2D eigenvalue weighted by Gasteiger charge is -2.14. The molecule has 1 heterocycles. The van der Waals surface area contributed by atoms with Gasteiger partial charge in [0, 0.05) is 22.1 Å². The summed E-state index contributed by atoms with van der Waals surface area (Å²) in [4.78, 5) is 25.9. The summed E-state index contributed by atoms with van der Waals surface area (Å²) in [6.45, 7) is 0. The second-order valence-corrected chi connectivity index (χ2v) is 7.37. The van der Waals surface area contributed by atoms with Gasteiger partial charge in [0.25, 0.3) is 5.91 Å². The van der Waals surface area contributed by atoms with E-state index in [0.717, 1.165) is 22.1 Å². The van der Waals surface area contributed by atoms with E-state index in [0.29, 0.717) is 22.4 Å². The Labute approximate surface area is 184 Å². The summed E-state index contributed by atoms with van der Waals surface area (Å²) in [5.41, 5.74) is 2.97. The van der Waals surface area contributed by atoms with Gasteiger partial charge in [0.1, 0.15) is 5.76 Å². The summed E-state index contributed by atoms with van der Waals surface area (Å²) < 4.78 is 5.88. The predicted octanol–water partition coefficient (Wildman–Crippen LogP) is 6.38. The van der Waals surface area contributed by atoms with Crippen LogP contribution in [0.4, 0.5) is 5.69 Å². The number of nitrogens with one attached hydrogen (secondary N) is 1. The third-order valence-electron chi connectivity index (χ3n) is 5.34. The van der Waals surface area contributed by atoms with E-state index in [2.05, 4.69) is 5.32 Å². The monoisotopic (exact) mass is 417 g/mol. The number of amides is 1. The predicted molar refractivity (Wildman–Crippen MR) is 128 cm³/mol. The summed E-state index contributed by atoms with van der Waals surface area (Å²) in [5, 5.41) is 3.94. The van der Waals surface area contributed by atoms with Gasteiger partial charge >= 0.3 is 5.63 Å². The summed E-state index contributed by atoms with van der Waals surface area (Å²) in [6, 6.07) is 33.7. The molecule has 4 nitrogen and oxygen atoms in total. The highest BCUT2D eigenvalue weighted by atomic mass is 16.4. The van der Waals surface area contributed by atoms with Crippen molar-refractivity contribution in [3.63, 3.8) is 0 Å². The molecule has 1 N–H and O–H groups in total. The molecular weight excluding hydrogens is 398 g/mol. The molecule has 0 aliphatic rings. The molecule has 1 amide bonds. The maximum atomic E-state index is 13.2. The zero-order valence-electron chi connectivity index (χ0n) is 17.1. The van der Waals surface area contributed by atoms with Crippen LogP contribution in [0.25, 0.3) is 33.2 Å². The molecule has 0 atom stereocenters. The number of hydrogen-bond donors (Lipinski definition) is 1. The van der Waals surface area contributed by atoms with E-state index in [-0.39, 0.29) is 5.91 Å². The Kier molecular flexibility index (Phi) is 5.10. The van der Waals surface area contributed by atoms with Crippen LogP contribution in [-0.4, -0.2) is 5.91 Å². The topological polar surface area (TPSA) is 59.3 Å². The molecule has 0 aliphatic carbocycles. The average molecular weight is 417 g/mol. The Morgan fingerprint density at radius 2 is 1.25 bits per heavy atom. The number of carbonyl (C=O) groups excluding carboxylic acids is 1. The third-order valence-corrected chi connectivity index (χ3v) is 5.34. The van der Waals surface area contributed by atoms with E-state index >= 15 is 0 Å². The second-order valence-electron chi connectivity index (χ2n) is 7.37. The van der Waals surface area contributed by atoms with Gasteiger partial charge in [-0.15, -0.1) is 0 Å². The van der Waals surface area contributed by atoms with E-state index in [9.17, 15) is 9.59 Å². The van der Waals surface area contributed by atoms with Crippen LogP contribution in [0, 0.1) is 0 Å².